The minimum Gasteiger partial charge on any atom is -0.328 e. The average Bonchev–Trinajstić information content (AvgIpc) is 2.40. The molecule has 4 atom stereocenters. The van der Waals surface area contributed by atoms with E-state index >= 15 is 0 Å². The second kappa shape index (κ2) is 6.93. The van der Waals surface area contributed by atoms with Crippen molar-refractivity contribution in [1.29, 1.82) is 0 Å². The molecule has 2 N–H and O–H groups in total. The number of hydrogen-bond acceptors (Lipinski definition) is 1. The highest BCUT2D eigenvalue weighted by molar-refractivity contribution is 4.81. The van der Waals surface area contributed by atoms with Gasteiger partial charge in [0.15, 0.2) is 0 Å². The molecule has 2 aliphatic carbocycles. The van der Waals surface area contributed by atoms with Crippen LogP contribution in [0.5, 0.6) is 0 Å². The summed E-state index contributed by atoms with van der Waals surface area (Å²) in [6.07, 6.45) is 14.6. The standard InChI is InChI=1S/C17H33N/c1-13(16-8-4-3-5-9-16)11-15-7-6-10-17(12-15)14(2)18/h13-17H,3-12,18H2,1-2H3. The molecule has 0 bridgehead atoms. The highest BCUT2D eigenvalue weighted by Gasteiger charge is 2.28. The van der Waals surface area contributed by atoms with E-state index in [9.17, 15) is 0 Å². The van der Waals surface area contributed by atoms with Crippen LogP contribution in [-0.2, 0) is 0 Å². The average molecular weight is 251 g/mol. The molecule has 0 aromatic carbocycles. The number of hydrogen-bond donors (Lipinski definition) is 1. The van der Waals surface area contributed by atoms with Crippen LogP contribution in [0, 0.1) is 23.7 Å². The molecule has 2 rings (SSSR count). The van der Waals surface area contributed by atoms with Crippen molar-refractivity contribution in [2.75, 3.05) is 0 Å². The van der Waals surface area contributed by atoms with Gasteiger partial charge in [-0.05, 0) is 49.9 Å². The van der Waals surface area contributed by atoms with Gasteiger partial charge in [0.1, 0.15) is 0 Å². The Bertz CT molecular complexity index is 230. The Labute approximate surface area is 114 Å². The molecule has 18 heavy (non-hydrogen) atoms. The lowest BCUT2D eigenvalue weighted by Gasteiger charge is -2.35. The minimum atomic E-state index is 0.415. The summed E-state index contributed by atoms with van der Waals surface area (Å²) in [4.78, 5) is 0. The van der Waals surface area contributed by atoms with Crippen molar-refractivity contribution in [3.05, 3.63) is 0 Å². The fourth-order valence-corrected chi connectivity index (χ4v) is 4.45. The summed E-state index contributed by atoms with van der Waals surface area (Å²) in [6, 6.07) is 0.415. The Balaban J connectivity index is 1.77. The summed E-state index contributed by atoms with van der Waals surface area (Å²) in [5.41, 5.74) is 6.10. The summed E-state index contributed by atoms with van der Waals surface area (Å²) in [7, 11) is 0. The monoisotopic (exact) mass is 251 g/mol. The molecule has 4 unspecified atom stereocenters. The van der Waals surface area contributed by atoms with E-state index in [0.717, 1.165) is 23.7 Å². The number of rotatable bonds is 4. The van der Waals surface area contributed by atoms with Crippen molar-refractivity contribution >= 4 is 0 Å². The minimum absolute atomic E-state index is 0.415. The van der Waals surface area contributed by atoms with Crippen molar-refractivity contribution in [3.8, 4) is 0 Å². The van der Waals surface area contributed by atoms with E-state index in [1.807, 2.05) is 0 Å². The Kier molecular flexibility index (Phi) is 5.54. The maximum atomic E-state index is 6.10. The first kappa shape index (κ1) is 14.4. The first-order chi connectivity index (χ1) is 8.66. The summed E-state index contributed by atoms with van der Waals surface area (Å²) in [6.45, 7) is 4.73. The Morgan fingerprint density at radius 3 is 2.22 bits per heavy atom. The van der Waals surface area contributed by atoms with E-state index in [0.29, 0.717) is 6.04 Å². The van der Waals surface area contributed by atoms with E-state index in [1.54, 1.807) is 0 Å². The van der Waals surface area contributed by atoms with Gasteiger partial charge >= 0.3 is 0 Å². The summed E-state index contributed by atoms with van der Waals surface area (Å²) in [5.74, 6) is 3.78. The highest BCUT2D eigenvalue weighted by Crippen LogP contribution is 2.38. The van der Waals surface area contributed by atoms with E-state index in [4.69, 9.17) is 5.73 Å². The topological polar surface area (TPSA) is 26.0 Å². The van der Waals surface area contributed by atoms with Crippen LogP contribution < -0.4 is 5.73 Å². The molecule has 0 heterocycles. The molecular weight excluding hydrogens is 218 g/mol. The Morgan fingerprint density at radius 2 is 1.56 bits per heavy atom. The molecule has 0 radical (unpaired) electrons. The molecule has 2 aliphatic rings. The van der Waals surface area contributed by atoms with Gasteiger partial charge in [-0.2, -0.15) is 0 Å². The van der Waals surface area contributed by atoms with Gasteiger partial charge in [0.2, 0.25) is 0 Å². The van der Waals surface area contributed by atoms with Crippen LogP contribution in [0.1, 0.15) is 78.1 Å². The lowest BCUT2D eigenvalue weighted by molar-refractivity contribution is 0.171. The molecule has 0 aliphatic heterocycles. The third-order valence-electron chi connectivity index (χ3n) is 5.73. The van der Waals surface area contributed by atoms with Gasteiger partial charge in [-0.3, -0.25) is 0 Å². The van der Waals surface area contributed by atoms with E-state index < -0.39 is 0 Å². The van der Waals surface area contributed by atoms with Gasteiger partial charge < -0.3 is 5.73 Å². The van der Waals surface area contributed by atoms with Crippen LogP contribution >= 0.6 is 0 Å². The quantitative estimate of drug-likeness (QED) is 0.767. The first-order valence-electron chi connectivity index (χ1n) is 8.42. The number of nitrogens with two attached hydrogens (primary N) is 1. The maximum absolute atomic E-state index is 6.10. The zero-order valence-electron chi connectivity index (χ0n) is 12.5. The summed E-state index contributed by atoms with van der Waals surface area (Å²) < 4.78 is 0. The van der Waals surface area contributed by atoms with Gasteiger partial charge in [0.05, 0.1) is 0 Å². The Hall–Kier alpha value is -0.0400. The molecular formula is C17H33N. The zero-order valence-corrected chi connectivity index (χ0v) is 12.5. The second-order valence-corrected chi connectivity index (χ2v) is 7.26. The lowest BCUT2D eigenvalue weighted by atomic mass is 9.71. The predicted octanol–water partition coefficient (Wildman–Crippen LogP) is 4.75. The van der Waals surface area contributed by atoms with Gasteiger partial charge in [0.25, 0.3) is 0 Å². The third kappa shape index (κ3) is 3.98. The van der Waals surface area contributed by atoms with Crippen molar-refractivity contribution < 1.29 is 0 Å². The van der Waals surface area contributed by atoms with E-state index in [-0.39, 0.29) is 0 Å². The largest absolute Gasteiger partial charge is 0.328 e. The van der Waals surface area contributed by atoms with Gasteiger partial charge in [-0.15, -0.1) is 0 Å². The smallest absolute Gasteiger partial charge is 0.00388 e. The van der Waals surface area contributed by atoms with Crippen molar-refractivity contribution in [1.82, 2.24) is 0 Å². The van der Waals surface area contributed by atoms with Crippen LogP contribution in [-0.4, -0.2) is 6.04 Å². The molecule has 2 fully saturated rings. The molecule has 106 valence electrons. The van der Waals surface area contributed by atoms with Crippen molar-refractivity contribution in [2.45, 2.75) is 84.1 Å². The molecule has 0 aromatic heterocycles. The molecule has 1 heteroatoms. The van der Waals surface area contributed by atoms with Crippen LogP contribution in [0.3, 0.4) is 0 Å². The molecule has 0 saturated heterocycles. The lowest BCUT2D eigenvalue weighted by Crippen LogP contribution is -2.32. The van der Waals surface area contributed by atoms with Crippen molar-refractivity contribution in [2.24, 2.45) is 29.4 Å². The zero-order chi connectivity index (χ0) is 13.0. The van der Waals surface area contributed by atoms with Gasteiger partial charge in [-0.1, -0.05) is 51.9 Å². The fraction of sp³-hybridized carbons (Fsp3) is 1.00. The van der Waals surface area contributed by atoms with Crippen LogP contribution in [0.25, 0.3) is 0 Å². The molecule has 0 spiro atoms. The van der Waals surface area contributed by atoms with E-state index in [1.165, 1.54) is 64.2 Å². The Morgan fingerprint density at radius 1 is 0.889 bits per heavy atom. The van der Waals surface area contributed by atoms with Crippen LogP contribution in [0.4, 0.5) is 0 Å². The molecule has 1 nitrogen and oxygen atoms in total. The summed E-state index contributed by atoms with van der Waals surface area (Å²) in [5, 5.41) is 0. The highest BCUT2D eigenvalue weighted by atomic mass is 14.6. The van der Waals surface area contributed by atoms with Crippen molar-refractivity contribution in [3.63, 3.8) is 0 Å². The van der Waals surface area contributed by atoms with Crippen LogP contribution in [0.15, 0.2) is 0 Å². The third-order valence-corrected chi connectivity index (χ3v) is 5.73. The normalized spacial score (nSPS) is 34.2. The van der Waals surface area contributed by atoms with Gasteiger partial charge in [-0.25, -0.2) is 0 Å². The predicted molar refractivity (Wildman–Crippen MR) is 79.5 cm³/mol. The van der Waals surface area contributed by atoms with E-state index in [2.05, 4.69) is 13.8 Å². The molecule has 0 aromatic rings. The van der Waals surface area contributed by atoms with Gasteiger partial charge in [0, 0.05) is 6.04 Å². The molecule has 0 amide bonds. The first-order valence-corrected chi connectivity index (χ1v) is 8.42. The summed E-state index contributed by atoms with van der Waals surface area (Å²) >= 11 is 0. The fourth-order valence-electron chi connectivity index (χ4n) is 4.45. The second-order valence-electron chi connectivity index (χ2n) is 7.26. The van der Waals surface area contributed by atoms with Crippen LogP contribution in [0.2, 0.25) is 0 Å². The SMILES string of the molecule is CC(N)C1CCCC(CC(C)C2CCCCC2)C1. The molecule has 2 saturated carbocycles. The maximum Gasteiger partial charge on any atom is 0.00388 e.